The van der Waals surface area contributed by atoms with E-state index in [2.05, 4.69) is 34.6 Å². The number of rotatable bonds is 80. The third kappa shape index (κ3) is 74.1. The van der Waals surface area contributed by atoms with Crippen LogP contribution in [0.2, 0.25) is 0 Å². The maximum atomic E-state index is 13.1. The molecule has 19 heteroatoms. The number of phosphoric ester groups is 2. The molecule has 0 spiro atoms. The van der Waals surface area contributed by atoms with Gasteiger partial charge in [-0.05, 0) is 31.6 Å². The van der Waals surface area contributed by atoms with Crippen molar-refractivity contribution < 1.29 is 80.2 Å². The summed E-state index contributed by atoms with van der Waals surface area (Å²) in [7, 11) is -9.91. The topological polar surface area (TPSA) is 237 Å². The van der Waals surface area contributed by atoms with Crippen LogP contribution in [0.25, 0.3) is 0 Å². The highest BCUT2D eigenvalue weighted by atomic mass is 31.2. The molecule has 0 radical (unpaired) electrons. The molecule has 0 aliphatic heterocycles. The lowest BCUT2D eigenvalue weighted by molar-refractivity contribution is -0.161. The summed E-state index contributed by atoms with van der Waals surface area (Å²) >= 11 is 0. The van der Waals surface area contributed by atoms with Crippen LogP contribution in [0.4, 0.5) is 0 Å². The molecule has 0 rings (SSSR count). The Labute approximate surface area is 607 Å². The molecule has 99 heavy (non-hydrogen) atoms. The molecule has 0 bridgehead atoms. The largest absolute Gasteiger partial charge is 0.472 e. The number of hydrogen-bond donors (Lipinski definition) is 3. The average Bonchev–Trinajstić information content (AvgIpc) is 1.56. The van der Waals surface area contributed by atoms with E-state index in [9.17, 15) is 43.2 Å². The van der Waals surface area contributed by atoms with Crippen LogP contribution in [0.3, 0.4) is 0 Å². The highest BCUT2D eigenvalue weighted by Gasteiger charge is 2.30. The van der Waals surface area contributed by atoms with Gasteiger partial charge in [0.1, 0.15) is 19.3 Å². The van der Waals surface area contributed by atoms with Gasteiger partial charge >= 0.3 is 39.5 Å². The molecule has 0 aliphatic rings. The van der Waals surface area contributed by atoms with Crippen molar-refractivity contribution in [1.29, 1.82) is 0 Å². The molecule has 0 heterocycles. The number of ether oxygens (including phenoxy) is 4. The number of carbonyl (C=O) groups is 4. The minimum atomic E-state index is -4.96. The minimum Gasteiger partial charge on any atom is -0.462 e. The quantitative estimate of drug-likeness (QED) is 0.0222. The summed E-state index contributed by atoms with van der Waals surface area (Å²) in [5, 5.41) is 10.6. The zero-order valence-electron chi connectivity index (χ0n) is 64.6. The van der Waals surface area contributed by atoms with Gasteiger partial charge in [0.05, 0.1) is 26.4 Å². The van der Waals surface area contributed by atoms with Crippen LogP contribution >= 0.6 is 15.6 Å². The number of aliphatic hydroxyl groups is 1. The first-order valence-corrected chi connectivity index (χ1v) is 44.6. The summed E-state index contributed by atoms with van der Waals surface area (Å²) in [6.45, 7) is 7.27. The first kappa shape index (κ1) is 97.1. The molecule has 17 nitrogen and oxygen atoms in total. The van der Waals surface area contributed by atoms with Crippen LogP contribution < -0.4 is 0 Å². The Morgan fingerprint density at radius 3 is 0.687 bits per heavy atom. The molecule has 0 saturated carbocycles. The highest BCUT2D eigenvalue weighted by molar-refractivity contribution is 7.47. The van der Waals surface area contributed by atoms with Gasteiger partial charge < -0.3 is 33.8 Å². The van der Waals surface area contributed by atoms with E-state index in [0.717, 1.165) is 95.8 Å². The summed E-state index contributed by atoms with van der Waals surface area (Å²) in [6, 6.07) is 0. The van der Waals surface area contributed by atoms with E-state index < -0.39 is 97.5 Å². The summed E-state index contributed by atoms with van der Waals surface area (Å²) in [5.74, 6) is -1.39. The molecule has 2 unspecified atom stereocenters. The SMILES string of the molecule is CCCCCCCCCCCCCCCCCCCCCCCCC(=O)O[C@H](COC(=O)CCCCCCCCCCCCCCCCC)COP(=O)(O)OC[C@@H](O)COP(=O)(O)OC[C@@H](COC(=O)CCCCCCCCCCCCC)OC(=O)CCCCCCCCCCC(C)C. The second kappa shape index (κ2) is 73.0. The Morgan fingerprint density at radius 1 is 0.273 bits per heavy atom. The van der Waals surface area contributed by atoms with E-state index in [0.29, 0.717) is 25.7 Å². The smallest absolute Gasteiger partial charge is 0.462 e. The number of aliphatic hydroxyl groups excluding tert-OH is 1. The molecule has 0 aromatic carbocycles. The standard InChI is InChI=1S/C80H156O17P2/c1-6-9-12-15-18-21-24-26-28-29-30-31-32-33-34-36-38-41-44-50-55-60-65-79(84)96-75(69-91-78(83)64-59-54-49-43-40-37-35-27-25-22-19-16-13-10-7-2)71-94-98(86,87)92-67-74(81)68-93-99(88,89)95-72-76(97-80(85)66-61-56-51-46-45-47-52-57-62-73(4)5)70-90-77(82)63-58-53-48-42-39-23-20-17-14-11-8-3/h73-76,81H,6-72H2,1-5H3,(H,86,87)(H,88,89)/t74-,75-,76-/m1/s1. The van der Waals surface area contributed by atoms with Crippen molar-refractivity contribution in [3.05, 3.63) is 0 Å². The Balaban J connectivity index is 5.19. The van der Waals surface area contributed by atoms with E-state index >= 15 is 0 Å². The fourth-order valence-electron chi connectivity index (χ4n) is 12.4. The van der Waals surface area contributed by atoms with Gasteiger partial charge in [0.15, 0.2) is 12.2 Å². The van der Waals surface area contributed by atoms with Gasteiger partial charge in [0.25, 0.3) is 0 Å². The van der Waals surface area contributed by atoms with Crippen molar-refractivity contribution in [2.75, 3.05) is 39.6 Å². The summed E-state index contributed by atoms with van der Waals surface area (Å²) in [4.78, 5) is 72.9. The summed E-state index contributed by atoms with van der Waals surface area (Å²) in [6.07, 6.45) is 64.0. The molecule has 0 aliphatic carbocycles. The van der Waals surface area contributed by atoms with Crippen molar-refractivity contribution in [1.82, 2.24) is 0 Å². The Kier molecular flexibility index (Phi) is 71.6. The zero-order chi connectivity index (χ0) is 72.7. The third-order valence-corrected chi connectivity index (χ3v) is 20.7. The van der Waals surface area contributed by atoms with Crippen LogP contribution in [0.15, 0.2) is 0 Å². The van der Waals surface area contributed by atoms with E-state index in [1.807, 2.05) is 0 Å². The first-order chi connectivity index (χ1) is 48.0. The van der Waals surface area contributed by atoms with Gasteiger partial charge in [0.2, 0.25) is 0 Å². The maximum absolute atomic E-state index is 13.1. The Bertz CT molecular complexity index is 1890. The maximum Gasteiger partial charge on any atom is 0.472 e. The molecular weight excluding hydrogens is 1290 g/mol. The second-order valence-electron chi connectivity index (χ2n) is 29.3. The zero-order valence-corrected chi connectivity index (χ0v) is 66.4. The number of carbonyl (C=O) groups excluding carboxylic acids is 4. The van der Waals surface area contributed by atoms with Crippen LogP contribution in [-0.2, 0) is 65.4 Å². The van der Waals surface area contributed by atoms with Gasteiger partial charge in [-0.3, -0.25) is 37.3 Å². The number of esters is 4. The lowest BCUT2D eigenvalue weighted by Crippen LogP contribution is -2.30. The van der Waals surface area contributed by atoms with Gasteiger partial charge in [-0.25, -0.2) is 9.13 Å². The van der Waals surface area contributed by atoms with Crippen molar-refractivity contribution in [2.24, 2.45) is 5.92 Å². The predicted octanol–water partition coefficient (Wildman–Crippen LogP) is 24.0. The van der Waals surface area contributed by atoms with Gasteiger partial charge in [-0.1, -0.05) is 375 Å². The minimum absolute atomic E-state index is 0.105. The lowest BCUT2D eigenvalue weighted by atomic mass is 10.0. The van der Waals surface area contributed by atoms with Crippen LogP contribution in [0.5, 0.6) is 0 Å². The molecule has 0 saturated heterocycles. The van der Waals surface area contributed by atoms with Crippen LogP contribution in [-0.4, -0.2) is 96.7 Å². The summed E-state index contributed by atoms with van der Waals surface area (Å²) < 4.78 is 68.6. The summed E-state index contributed by atoms with van der Waals surface area (Å²) in [5.41, 5.74) is 0. The predicted molar refractivity (Wildman–Crippen MR) is 405 cm³/mol. The normalized spacial score (nSPS) is 13.9. The monoisotopic (exact) mass is 1450 g/mol. The third-order valence-electron chi connectivity index (χ3n) is 18.8. The van der Waals surface area contributed by atoms with Crippen LogP contribution in [0, 0.1) is 5.92 Å². The highest BCUT2D eigenvalue weighted by Crippen LogP contribution is 2.45. The Morgan fingerprint density at radius 2 is 0.465 bits per heavy atom. The second-order valence-corrected chi connectivity index (χ2v) is 32.2. The fourth-order valence-corrected chi connectivity index (χ4v) is 14.0. The van der Waals surface area contributed by atoms with Crippen molar-refractivity contribution in [3.8, 4) is 0 Å². The molecule has 0 amide bonds. The molecular formula is C80H156O17P2. The first-order valence-electron chi connectivity index (χ1n) is 41.6. The van der Waals surface area contributed by atoms with E-state index in [1.54, 1.807) is 0 Å². The van der Waals surface area contributed by atoms with Gasteiger partial charge in [0, 0.05) is 25.7 Å². The number of hydrogen-bond acceptors (Lipinski definition) is 15. The molecule has 588 valence electrons. The van der Waals surface area contributed by atoms with E-state index in [4.69, 9.17) is 37.0 Å². The van der Waals surface area contributed by atoms with Gasteiger partial charge in [-0.15, -0.1) is 0 Å². The molecule has 0 aromatic heterocycles. The van der Waals surface area contributed by atoms with Crippen molar-refractivity contribution in [3.63, 3.8) is 0 Å². The number of phosphoric acid groups is 2. The van der Waals surface area contributed by atoms with E-state index in [-0.39, 0.29) is 25.7 Å². The molecule has 3 N–H and O–H groups in total. The van der Waals surface area contributed by atoms with Crippen molar-refractivity contribution >= 4 is 39.5 Å². The van der Waals surface area contributed by atoms with Crippen LogP contribution in [0.1, 0.15) is 426 Å². The number of unbranched alkanes of at least 4 members (excludes halogenated alkanes) is 52. The molecule has 0 aromatic rings. The average molecular weight is 1450 g/mol. The molecule has 5 atom stereocenters. The Hall–Kier alpha value is -1.94. The van der Waals surface area contributed by atoms with Crippen molar-refractivity contribution in [2.45, 2.75) is 445 Å². The lowest BCUT2D eigenvalue weighted by Gasteiger charge is -2.21. The van der Waals surface area contributed by atoms with Gasteiger partial charge in [-0.2, -0.15) is 0 Å². The molecule has 0 fully saturated rings. The van der Waals surface area contributed by atoms with E-state index in [1.165, 1.54) is 250 Å². The fraction of sp³-hybridized carbons (Fsp3) is 0.950.